The highest BCUT2D eigenvalue weighted by atomic mass is 16.2. The number of nitrogens with zero attached hydrogens (tertiary/aromatic N) is 2. The minimum absolute atomic E-state index is 0.126. The van der Waals surface area contributed by atoms with Crippen molar-refractivity contribution in [2.45, 2.75) is 25.9 Å². The number of nitrogens with one attached hydrogen (secondary N) is 1. The SMILES string of the molecule is CC1Cc2ccccc2N1C(=O)CNCc1ccncc1. The van der Waals surface area contributed by atoms with Gasteiger partial charge >= 0.3 is 0 Å². The smallest absolute Gasteiger partial charge is 0.241 e. The predicted molar refractivity (Wildman–Crippen MR) is 83.0 cm³/mol. The number of rotatable bonds is 4. The molecule has 0 radical (unpaired) electrons. The van der Waals surface area contributed by atoms with E-state index in [-0.39, 0.29) is 11.9 Å². The lowest BCUT2D eigenvalue weighted by Crippen LogP contribution is -2.41. The van der Waals surface area contributed by atoms with Crippen molar-refractivity contribution in [3.63, 3.8) is 0 Å². The summed E-state index contributed by atoms with van der Waals surface area (Å²) < 4.78 is 0. The maximum atomic E-state index is 12.5. The molecule has 0 fully saturated rings. The van der Waals surface area contributed by atoms with Crippen LogP contribution in [0.15, 0.2) is 48.8 Å². The molecule has 0 aliphatic carbocycles. The topological polar surface area (TPSA) is 45.2 Å². The number of para-hydroxylation sites is 1. The van der Waals surface area contributed by atoms with E-state index in [1.54, 1.807) is 12.4 Å². The molecule has 21 heavy (non-hydrogen) atoms. The van der Waals surface area contributed by atoms with Crippen LogP contribution in [0.4, 0.5) is 5.69 Å². The van der Waals surface area contributed by atoms with Crippen molar-refractivity contribution in [3.8, 4) is 0 Å². The summed E-state index contributed by atoms with van der Waals surface area (Å²) in [5.74, 6) is 0.126. The lowest BCUT2D eigenvalue weighted by atomic mass is 10.1. The van der Waals surface area contributed by atoms with Crippen molar-refractivity contribution in [2.75, 3.05) is 11.4 Å². The zero-order valence-corrected chi connectivity index (χ0v) is 12.1. The molecule has 1 amide bonds. The summed E-state index contributed by atoms with van der Waals surface area (Å²) in [5, 5.41) is 3.21. The molecule has 1 aliphatic heterocycles. The van der Waals surface area contributed by atoms with Gasteiger partial charge in [0.15, 0.2) is 0 Å². The van der Waals surface area contributed by atoms with Crippen molar-refractivity contribution in [3.05, 3.63) is 59.9 Å². The first-order valence-corrected chi connectivity index (χ1v) is 7.25. The molecule has 2 aromatic rings. The van der Waals surface area contributed by atoms with Gasteiger partial charge in [-0.1, -0.05) is 18.2 Å². The van der Waals surface area contributed by atoms with Gasteiger partial charge in [0.2, 0.25) is 5.91 Å². The van der Waals surface area contributed by atoms with Crippen LogP contribution < -0.4 is 10.2 Å². The van der Waals surface area contributed by atoms with E-state index in [0.29, 0.717) is 13.1 Å². The summed E-state index contributed by atoms with van der Waals surface area (Å²) in [6.45, 7) is 3.12. The molecule has 1 unspecified atom stereocenters. The average Bonchev–Trinajstić information content (AvgIpc) is 2.84. The Morgan fingerprint density at radius 1 is 1.29 bits per heavy atom. The molecule has 4 heteroatoms. The fraction of sp³-hybridized carbons (Fsp3) is 0.294. The first-order chi connectivity index (χ1) is 10.3. The van der Waals surface area contributed by atoms with Crippen molar-refractivity contribution >= 4 is 11.6 Å². The van der Waals surface area contributed by atoms with Gasteiger partial charge in [0, 0.05) is 30.7 Å². The number of amides is 1. The summed E-state index contributed by atoms with van der Waals surface area (Å²) >= 11 is 0. The fourth-order valence-corrected chi connectivity index (χ4v) is 2.85. The normalized spacial score (nSPS) is 16.8. The third-order valence-corrected chi connectivity index (χ3v) is 3.83. The number of benzene rings is 1. The quantitative estimate of drug-likeness (QED) is 0.934. The van der Waals surface area contributed by atoms with Gasteiger partial charge in [-0.15, -0.1) is 0 Å². The number of fused-ring (bicyclic) bond motifs is 1. The third-order valence-electron chi connectivity index (χ3n) is 3.83. The Labute approximate surface area is 124 Å². The Morgan fingerprint density at radius 3 is 2.86 bits per heavy atom. The van der Waals surface area contributed by atoms with Crippen LogP contribution in [0, 0.1) is 0 Å². The molecular formula is C17H19N3O. The molecule has 1 atom stereocenters. The number of carbonyl (C=O) groups is 1. The van der Waals surface area contributed by atoms with Crippen LogP contribution in [-0.4, -0.2) is 23.5 Å². The van der Waals surface area contributed by atoms with Crippen LogP contribution >= 0.6 is 0 Å². The van der Waals surface area contributed by atoms with E-state index in [0.717, 1.165) is 17.7 Å². The molecule has 4 nitrogen and oxygen atoms in total. The Hall–Kier alpha value is -2.20. The van der Waals surface area contributed by atoms with Gasteiger partial charge in [0.25, 0.3) is 0 Å². The summed E-state index contributed by atoms with van der Waals surface area (Å²) in [5.41, 5.74) is 3.45. The Bertz CT molecular complexity index is 627. The Kier molecular flexibility index (Phi) is 3.97. The second-order valence-corrected chi connectivity index (χ2v) is 5.40. The van der Waals surface area contributed by atoms with Crippen LogP contribution in [0.2, 0.25) is 0 Å². The van der Waals surface area contributed by atoms with Gasteiger partial charge in [-0.05, 0) is 42.7 Å². The number of aromatic nitrogens is 1. The van der Waals surface area contributed by atoms with Crippen molar-refractivity contribution in [1.29, 1.82) is 0 Å². The van der Waals surface area contributed by atoms with Gasteiger partial charge in [-0.3, -0.25) is 9.78 Å². The van der Waals surface area contributed by atoms with Crippen molar-refractivity contribution < 1.29 is 4.79 Å². The van der Waals surface area contributed by atoms with E-state index < -0.39 is 0 Å². The van der Waals surface area contributed by atoms with Crippen LogP contribution in [0.5, 0.6) is 0 Å². The average molecular weight is 281 g/mol. The highest BCUT2D eigenvalue weighted by molar-refractivity contribution is 5.97. The van der Waals surface area contributed by atoms with E-state index in [2.05, 4.69) is 23.3 Å². The molecule has 0 spiro atoms. The summed E-state index contributed by atoms with van der Waals surface area (Å²) in [4.78, 5) is 18.4. The second kappa shape index (κ2) is 6.06. The second-order valence-electron chi connectivity index (χ2n) is 5.40. The molecular weight excluding hydrogens is 262 g/mol. The van der Waals surface area contributed by atoms with Crippen LogP contribution in [0.25, 0.3) is 0 Å². The molecule has 1 aromatic heterocycles. The molecule has 1 aromatic carbocycles. The zero-order valence-electron chi connectivity index (χ0n) is 12.1. The van der Waals surface area contributed by atoms with Gasteiger partial charge in [-0.2, -0.15) is 0 Å². The van der Waals surface area contributed by atoms with E-state index >= 15 is 0 Å². The number of pyridine rings is 1. The van der Waals surface area contributed by atoms with E-state index in [4.69, 9.17) is 0 Å². The number of hydrogen-bond acceptors (Lipinski definition) is 3. The third kappa shape index (κ3) is 2.95. The fourth-order valence-electron chi connectivity index (χ4n) is 2.85. The molecule has 0 bridgehead atoms. The van der Waals surface area contributed by atoms with Crippen molar-refractivity contribution in [1.82, 2.24) is 10.3 Å². The first-order valence-electron chi connectivity index (χ1n) is 7.25. The van der Waals surface area contributed by atoms with Gasteiger partial charge < -0.3 is 10.2 Å². The predicted octanol–water partition coefficient (Wildman–Crippen LogP) is 2.15. The van der Waals surface area contributed by atoms with E-state index in [1.807, 2.05) is 35.2 Å². The number of hydrogen-bond donors (Lipinski definition) is 1. The van der Waals surface area contributed by atoms with Gasteiger partial charge in [0.05, 0.1) is 6.54 Å². The molecule has 0 saturated heterocycles. The minimum atomic E-state index is 0.126. The minimum Gasteiger partial charge on any atom is -0.308 e. The van der Waals surface area contributed by atoms with Crippen molar-refractivity contribution in [2.24, 2.45) is 0 Å². The lowest BCUT2D eigenvalue weighted by molar-refractivity contribution is -0.118. The van der Waals surface area contributed by atoms with Crippen LogP contribution in [0.1, 0.15) is 18.1 Å². The van der Waals surface area contributed by atoms with Crippen LogP contribution in [-0.2, 0) is 17.8 Å². The number of anilines is 1. The maximum absolute atomic E-state index is 12.5. The highest BCUT2D eigenvalue weighted by Crippen LogP contribution is 2.31. The molecule has 1 aliphatic rings. The summed E-state index contributed by atoms with van der Waals surface area (Å²) in [6, 6.07) is 12.3. The zero-order chi connectivity index (χ0) is 14.7. The molecule has 3 rings (SSSR count). The molecule has 108 valence electrons. The first kappa shape index (κ1) is 13.8. The Morgan fingerprint density at radius 2 is 2.05 bits per heavy atom. The maximum Gasteiger partial charge on any atom is 0.241 e. The monoisotopic (exact) mass is 281 g/mol. The van der Waals surface area contributed by atoms with Gasteiger partial charge in [0.1, 0.15) is 0 Å². The Balaban J connectivity index is 1.61. The van der Waals surface area contributed by atoms with Gasteiger partial charge in [-0.25, -0.2) is 0 Å². The standard InChI is InChI=1S/C17H19N3O/c1-13-10-15-4-2-3-5-16(15)20(13)17(21)12-19-11-14-6-8-18-9-7-14/h2-9,13,19H,10-12H2,1H3. The number of carbonyl (C=O) groups excluding carboxylic acids is 1. The van der Waals surface area contributed by atoms with E-state index in [9.17, 15) is 4.79 Å². The van der Waals surface area contributed by atoms with Crippen LogP contribution in [0.3, 0.4) is 0 Å². The largest absolute Gasteiger partial charge is 0.308 e. The summed E-state index contributed by atoms with van der Waals surface area (Å²) in [6.07, 6.45) is 4.46. The lowest BCUT2D eigenvalue weighted by Gasteiger charge is -2.23. The molecule has 1 N–H and O–H groups in total. The molecule has 0 saturated carbocycles. The highest BCUT2D eigenvalue weighted by Gasteiger charge is 2.29. The van der Waals surface area contributed by atoms with E-state index in [1.165, 1.54) is 5.56 Å². The molecule has 2 heterocycles. The summed E-state index contributed by atoms with van der Waals surface area (Å²) in [7, 11) is 0.